The number of amides is 1. The molecule has 1 saturated heterocycles. The molecule has 4 heterocycles. The minimum absolute atomic E-state index is 0.00470. The highest BCUT2D eigenvalue weighted by Crippen LogP contribution is 2.35. The van der Waals surface area contributed by atoms with Gasteiger partial charge in [-0.15, -0.1) is 10.2 Å². The van der Waals surface area contributed by atoms with Crippen LogP contribution in [0.3, 0.4) is 0 Å². The zero-order valence-electron chi connectivity index (χ0n) is 19.8. The summed E-state index contributed by atoms with van der Waals surface area (Å²) in [6, 6.07) is 2.77. The molecule has 0 unspecified atom stereocenters. The van der Waals surface area contributed by atoms with E-state index in [-0.39, 0.29) is 46.9 Å². The van der Waals surface area contributed by atoms with Crippen LogP contribution in [0.15, 0.2) is 24.4 Å². The SMILES string of the molecule is COc1nc(N[C@@H]2CCN(C(=O)CO)CC2(F)F)nn2ccc(-c3cc(F)c4nnn(CC(F)F)c4c3)c12. The van der Waals surface area contributed by atoms with Gasteiger partial charge in [0.05, 0.1) is 25.2 Å². The van der Waals surface area contributed by atoms with Crippen molar-refractivity contribution in [3.8, 4) is 17.0 Å². The molecule has 0 bridgehead atoms. The van der Waals surface area contributed by atoms with Crippen LogP contribution in [0.25, 0.3) is 27.7 Å². The molecule has 38 heavy (non-hydrogen) atoms. The molecule has 1 aliphatic rings. The van der Waals surface area contributed by atoms with Crippen LogP contribution in [0, 0.1) is 5.82 Å². The van der Waals surface area contributed by atoms with Gasteiger partial charge in [-0.05, 0) is 30.2 Å². The minimum atomic E-state index is -3.33. The van der Waals surface area contributed by atoms with Crippen molar-refractivity contribution in [2.75, 3.05) is 32.1 Å². The molecular formula is C22H21F5N8O3. The minimum Gasteiger partial charge on any atom is -0.479 e. The number of aliphatic hydroxyl groups is 1. The lowest BCUT2D eigenvalue weighted by Gasteiger charge is -2.38. The molecule has 0 radical (unpaired) electrons. The summed E-state index contributed by atoms with van der Waals surface area (Å²) in [7, 11) is 1.31. The van der Waals surface area contributed by atoms with E-state index in [4.69, 9.17) is 9.84 Å². The Morgan fingerprint density at radius 1 is 1.34 bits per heavy atom. The maximum atomic E-state index is 14.8. The second-order valence-electron chi connectivity index (χ2n) is 8.68. The molecule has 1 atom stereocenters. The molecule has 1 aromatic carbocycles. The van der Waals surface area contributed by atoms with Crippen LogP contribution in [0.2, 0.25) is 0 Å². The van der Waals surface area contributed by atoms with Crippen molar-refractivity contribution in [1.29, 1.82) is 0 Å². The number of rotatable bonds is 7. The molecule has 16 heteroatoms. The predicted molar refractivity (Wildman–Crippen MR) is 123 cm³/mol. The van der Waals surface area contributed by atoms with Gasteiger partial charge in [0, 0.05) is 18.3 Å². The van der Waals surface area contributed by atoms with Crippen LogP contribution in [0.4, 0.5) is 27.9 Å². The van der Waals surface area contributed by atoms with Gasteiger partial charge in [0.25, 0.3) is 12.3 Å². The Morgan fingerprint density at radius 2 is 2.13 bits per heavy atom. The number of halogens is 5. The van der Waals surface area contributed by atoms with E-state index in [1.54, 1.807) is 6.07 Å². The van der Waals surface area contributed by atoms with Crippen molar-refractivity contribution in [3.63, 3.8) is 0 Å². The smallest absolute Gasteiger partial charge is 0.285 e. The average Bonchev–Trinajstić information content (AvgIpc) is 3.48. The van der Waals surface area contributed by atoms with E-state index in [2.05, 4.69) is 25.7 Å². The number of ether oxygens (including phenoxy) is 1. The fraction of sp³-hybridized carbons (Fsp3) is 0.409. The predicted octanol–water partition coefficient (Wildman–Crippen LogP) is 2.19. The highest BCUT2D eigenvalue weighted by atomic mass is 19.3. The van der Waals surface area contributed by atoms with Crippen molar-refractivity contribution in [1.82, 2.24) is 34.5 Å². The molecule has 2 N–H and O–H groups in total. The number of carbonyl (C=O) groups excluding carboxylic acids is 1. The third-order valence-electron chi connectivity index (χ3n) is 6.26. The standard InChI is InChI=1S/C22H21F5N8O3/c1-38-20-19-12(11-6-13(23)18-14(7-11)35(32-30-18)8-16(24)25)2-5-34(19)31-21(29-20)28-15-3-4-33(17(37)9-36)10-22(15,26)27/h2,5-7,15-16,36H,3-4,8-10H2,1H3,(H,28,31)/t15-/m1/s1. The Balaban J connectivity index is 1.49. The number of nitrogens with zero attached hydrogens (tertiary/aromatic N) is 7. The average molecular weight is 540 g/mol. The highest BCUT2D eigenvalue weighted by Gasteiger charge is 2.46. The first-order chi connectivity index (χ1) is 18.1. The molecule has 3 aromatic heterocycles. The number of nitrogens with one attached hydrogen (secondary N) is 1. The zero-order chi connectivity index (χ0) is 27.2. The van der Waals surface area contributed by atoms with Crippen LogP contribution >= 0.6 is 0 Å². The summed E-state index contributed by atoms with van der Waals surface area (Å²) in [5, 5.41) is 23.0. The fourth-order valence-electron chi connectivity index (χ4n) is 4.46. The van der Waals surface area contributed by atoms with Gasteiger partial charge in [-0.2, -0.15) is 4.98 Å². The number of piperidine rings is 1. The molecule has 5 rings (SSSR count). The first-order valence-corrected chi connectivity index (χ1v) is 11.4. The van der Waals surface area contributed by atoms with Gasteiger partial charge in [-0.1, -0.05) is 5.21 Å². The lowest BCUT2D eigenvalue weighted by molar-refractivity contribution is -0.145. The molecular weight excluding hydrogens is 519 g/mol. The van der Waals surface area contributed by atoms with E-state index in [9.17, 15) is 26.7 Å². The summed E-state index contributed by atoms with van der Waals surface area (Å²) in [5.41, 5.74) is 0.844. The van der Waals surface area contributed by atoms with Gasteiger partial charge >= 0.3 is 0 Å². The van der Waals surface area contributed by atoms with Gasteiger partial charge in [-0.25, -0.2) is 31.1 Å². The zero-order valence-corrected chi connectivity index (χ0v) is 19.8. The summed E-state index contributed by atoms with van der Waals surface area (Å²) in [5.74, 6) is -5.09. The second-order valence-corrected chi connectivity index (χ2v) is 8.68. The van der Waals surface area contributed by atoms with Crippen molar-refractivity contribution in [2.45, 2.75) is 31.4 Å². The summed E-state index contributed by atoms with van der Waals surface area (Å²) in [6.07, 6.45) is -1.37. The number of alkyl halides is 4. The largest absolute Gasteiger partial charge is 0.479 e. The van der Waals surface area contributed by atoms with Crippen LogP contribution in [0.5, 0.6) is 5.88 Å². The van der Waals surface area contributed by atoms with Crippen molar-refractivity contribution < 1.29 is 36.6 Å². The Kier molecular flexibility index (Phi) is 6.50. The van der Waals surface area contributed by atoms with Crippen LogP contribution in [-0.4, -0.2) is 90.7 Å². The van der Waals surface area contributed by atoms with E-state index in [0.717, 1.165) is 15.6 Å². The molecule has 1 aliphatic heterocycles. The fourth-order valence-corrected chi connectivity index (χ4v) is 4.46. The number of carbonyl (C=O) groups is 1. The summed E-state index contributed by atoms with van der Waals surface area (Å²) >= 11 is 0. The topological polar surface area (TPSA) is 123 Å². The van der Waals surface area contributed by atoms with Crippen LogP contribution < -0.4 is 10.1 Å². The van der Waals surface area contributed by atoms with E-state index >= 15 is 0 Å². The number of hydrogen-bond acceptors (Lipinski definition) is 8. The third-order valence-corrected chi connectivity index (χ3v) is 6.26. The lowest BCUT2D eigenvalue weighted by atomic mass is 10.0. The Bertz CT molecular complexity index is 1510. The molecule has 11 nitrogen and oxygen atoms in total. The van der Waals surface area contributed by atoms with Crippen LogP contribution in [0.1, 0.15) is 6.42 Å². The number of aliphatic hydroxyl groups excluding tert-OH is 1. The lowest BCUT2D eigenvalue weighted by Crippen LogP contribution is -2.56. The Labute approximate surface area is 210 Å². The van der Waals surface area contributed by atoms with E-state index < -0.39 is 49.8 Å². The number of fused-ring (bicyclic) bond motifs is 2. The number of hydrogen-bond donors (Lipinski definition) is 2. The molecule has 0 spiro atoms. The van der Waals surface area contributed by atoms with Crippen molar-refractivity contribution in [2.24, 2.45) is 0 Å². The number of likely N-dealkylation sites (tertiary alicyclic amines) is 1. The molecule has 4 aromatic rings. The molecule has 0 aliphatic carbocycles. The number of anilines is 1. The van der Waals surface area contributed by atoms with E-state index in [0.29, 0.717) is 5.56 Å². The van der Waals surface area contributed by atoms with E-state index in [1.165, 1.54) is 23.9 Å². The van der Waals surface area contributed by atoms with Gasteiger partial charge in [0.15, 0.2) is 5.82 Å². The van der Waals surface area contributed by atoms with Crippen molar-refractivity contribution >= 4 is 28.4 Å². The van der Waals surface area contributed by atoms with E-state index in [1.807, 2.05) is 0 Å². The Hall–Kier alpha value is -4.08. The van der Waals surface area contributed by atoms with Gasteiger partial charge in [0.1, 0.15) is 24.2 Å². The van der Waals surface area contributed by atoms with Gasteiger partial charge < -0.3 is 20.1 Å². The van der Waals surface area contributed by atoms with Crippen LogP contribution in [-0.2, 0) is 11.3 Å². The highest BCUT2D eigenvalue weighted by molar-refractivity contribution is 5.89. The van der Waals surface area contributed by atoms with Crippen molar-refractivity contribution in [3.05, 3.63) is 30.2 Å². The number of methoxy groups -OCH3 is 1. The number of benzene rings is 1. The molecule has 202 valence electrons. The monoisotopic (exact) mass is 540 g/mol. The summed E-state index contributed by atoms with van der Waals surface area (Å²) < 4.78 is 77.7. The molecule has 1 amide bonds. The summed E-state index contributed by atoms with van der Waals surface area (Å²) in [6.45, 7) is -2.50. The quantitative estimate of drug-likeness (QED) is 0.342. The molecule has 1 fully saturated rings. The second kappa shape index (κ2) is 9.66. The third kappa shape index (κ3) is 4.55. The number of aromatic nitrogens is 6. The molecule has 0 saturated carbocycles. The summed E-state index contributed by atoms with van der Waals surface area (Å²) in [4.78, 5) is 16.7. The van der Waals surface area contributed by atoms with Gasteiger partial charge in [-0.3, -0.25) is 4.79 Å². The van der Waals surface area contributed by atoms with Gasteiger partial charge in [0.2, 0.25) is 17.7 Å². The maximum absolute atomic E-state index is 14.8. The first-order valence-electron chi connectivity index (χ1n) is 11.4. The maximum Gasteiger partial charge on any atom is 0.285 e. The first kappa shape index (κ1) is 25.6. The Morgan fingerprint density at radius 3 is 2.82 bits per heavy atom. The normalized spacial score (nSPS) is 17.5.